The van der Waals surface area contributed by atoms with E-state index < -0.39 is 23.2 Å². The number of carboxylic acid groups (broad SMARTS) is 1. The topological polar surface area (TPSA) is 75.6 Å². The molecule has 21 heavy (non-hydrogen) atoms. The van der Waals surface area contributed by atoms with Crippen molar-refractivity contribution in [3.05, 3.63) is 11.6 Å². The number of hydrogen-bond donors (Lipinski definition) is 2. The van der Waals surface area contributed by atoms with Crippen LogP contribution in [0.4, 0.5) is 4.79 Å². The summed E-state index contributed by atoms with van der Waals surface area (Å²) < 4.78 is 5.24. The quantitative estimate of drug-likeness (QED) is 0.783. The van der Waals surface area contributed by atoms with Crippen molar-refractivity contribution in [2.24, 2.45) is 11.8 Å². The second-order valence-corrected chi connectivity index (χ2v) is 7.21. The van der Waals surface area contributed by atoms with Gasteiger partial charge in [0.15, 0.2) is 0 Å². The van der Waals surface area contributed by atoms with Gasteiger partial charge in [-0.25, -0.2) is 9.59 Å². The van der Waals surface area contributed by atoms with Crippen LogP contribution in [0.1, 0.15) is 54.4 Å². The number of ether oxygens (including phenoxy) is 1. The van der Waals surface area contributed by atoms with Crippen molar-refractivity contribution in [3.8, 4) is 0 Å². The van der Waals surface area contributed by atoms with Crippen LogP contribution in [0.5, 0.6) is 0 Å². The Morgan fingerprint density at radius 1 is 1.43 bits per heavy atom. The summed E-state index contributed by atoms with van der Waals surface area (Å²) in [5.41, 5.74) is -0.787. The molecule has 0 bridgehead atoms. The van der Waals surface area contributed by atoms with E-state index in [1.165, 1.54) is 0 Å². The molecular weight excluding hydrogens is 270 g/mol. The van der Waals surface area contributed by atoms with Gasteiger partial charge in [0.25, 0.3) is 0 Å². The molecule has 0 spiro atoms. The van der Waals surface area contributed by atoms with Crippen molar-refractivity contribution in [1.82, 2.24) is 5.32 Å². The van der Waals surface area contributed by atoms with Gasteiger partial charge in [-0.3, -0.25) is 0 Å². The van der Waals surface area contributed by atoms with E-state index >= 15 is 0 Å². The van der Waals surface area contributed by atoms with Crippen LogP contribution in [0, 0.1) is 11.8 Å². The number of aliphatic carboxylic acids is 1. The van der Waals surface area contributed by atoms with Crippen molar-refractivity contribution >= 4 is 12.1 Å². The molecule has 2 N–H and O–H groups in total. The summed E-state index contributed by atoms with van der Waals surface area (Å²) in [6.07, 6.45) is 2.17. The van der Waals surface area contributed by atoms with Gasteiger partial charge in [0, 0.05) is 0 Å². The SMILES string of the molecule is CC1=CCC(NC(=O)OC(C)(C)C)(C(=O)O)C(C(C)C)C1. The lowest BCUT2D eigenvalue weighted by molar-refractivity contribution is -0.148. The Kier molecular flexibility index (Phi) is 5.07. The fraction of sp³-hybridized carbons (Fsp3) is 0.750. The number of carboxylic acids is 1. The van der Waals surface area contributed by atoms with Gasteiger partial charge < -0.3 is 15.2 Å². The Labute approximate surface area is 126 Å². The summed E-state index contributed by atoms with van der Waals surface area (Å²) in [5.74, 6) is -1.02. The minimum Gasteiger partial charge on any atom is -0.479 e. The molecular formula is C16H27NO4. The first kappa shape index (κ1) is 17.5. The van der Waals surface area contributed by atoms with Crippen LogP contribution in [-0.4, -0.2) is 28.3 Å². The molecule has 5 nitrogen and oxygen atoms in total. The van der Waals surface area contributed by atoms with E-state index in [4.69, 9.17) is 4.74 Å². The standard InChI is InChI=1S/C16H27NO4/c1-10(2)12-9-11(3)7-8-16(12,13(18)19)17-14(20)21-15(4,5)6/h7,10,12H,8-9H2,1-6H3,(H,17,20)(H,18,19). The summed E-state index contributed by atoms with van der Waals surface area (Å²) in [6.45, 7) is 11.2. The molecule has 5 heteroatoms. The van der Waals surface area contributed by atoms with Gasteiger partial charge in [-0.2, -0.15) is 0 Å². The van der Waals surface area contributed by atoms with Crippen molar-refractivity contribution in [2.75, 3.05) is 0 Å². The maximum Gasteiger partial charge on any atom is 0.408 e. The number of nitrogens with one attached hydrogen (secondary N) is 1. The lowest BCUT2D eigenvalue weighted by Gasteiger charge is -2.42. The molecule has 1 rings (SSSR count). The molecule has 2 unspecified atom stereocenters. The predicted octanol–water partition coefficient (Wildman–Crippen LogP) is 3.35. The third kappa shape index (κ3) is 4.22. The lowest BCUT2D eigenvalue weighted by atomic mass is 9.68. The fourth-order valence-corrected chi connectivity index (χ4v) is 2.82. The average Bonchev–Trinajstić information content (AvgIpc) is 2.28. The van der Waals surface area contributed by atoms with Crippen LogP contribution in [0.15, 0.2) is 11.6 Å². The highest BCUT2D eigenvalue weighted by Crippen LogP contribution is 2.38. The molecule has 0 saturated heterocycles. The molecule has 0 aromatic rings. The molecule has 0 heterocycles. The smallest absolute Gasteiger partial charge is 0.408 e. The van der Waals surface area contributed by atoms with E-state index in [2.05, 4.69) is 5.32 Å². The summed E-state index contributed by atoms with van der Waals surface area (Å²) in [7, 11) is 0. The minimum absolute atomic E-state index is 0.139. The normalized spacial score (nSPS) is 26.2. The number of rotatable bonds is 3. The summed E-state index contributed by atoms with van der Waals surface area (Å²) in [6, 6.07) is 0. The second-order valence-electron chi connectivity index (χ2n) is 7.21. The van der Waals surface area contributed by atoms with E-state index in [9.17, 15) is 14.7 Å². The third-order valence-corrected chi connectivity index (χ3v) is 3.86. The molecule has 2 atom stereocenters. The number of amides is 1. The van der Waals surface area contributed by atoms with E-state index in [0.717, 1.165) is 5.57 Å². The van der Waals surface area contributed by atoms with Crippen LogP contribution >= 0.6 is 0 Å². The third-order valence-electron chi connectivity index (χ3n) is 3.86. The summed E-state index contributed by atoms with van der Waals surface area (Å²) in [4.78, 5) is 24.0. The largest absolute Gasteiger partial charge is 0.479 e. The maximum absolute atomic E-state index is 12.1. The highest BCUT2D eigenvalue weighted by atomic mass is 16.6. The van der Waals surface area contributed by atoms with Crippen LogP contribution < -0.4 is 5.32 Å². The summed E-state index contributed by atoms with van der Waals surface area (Å²) in [5, 5.41) is 12.4. The van der Waals surface area contributed by atoms with E-state index in [1.807, 2.05) is 26.8 Å². The van der Waals surface area contributed by atoms with E-state index in [-0.39, 0.29) is 18.3 Å². The minimum atomic E-state index is -1.30. The number of allylic oxidation sites excluding steroid dienone is 1. The molecule has 1 amide bonds. The Morgan fingerprint density at radius 2 is 2.00 bits per heavy atom. The van der Waals surface area contributed by atoms with Gasteiger partial charge >= 0.3 is 12.1 Å². The van der Waals surface area contributed by atoms with Gasteiger partial charge in [-0.05, 0) is 52.4 Å². The fourth-order valence-electron chi connectivity index (χ4n) is 2.82. The van der Waals surface area contributed by atoms with E-state index in [1.54, 1.807) is 20.8 Å². The van der Waals surface area contributed by atoms with Crippen molar-refractivity contribution in [3.63, 3.8) is 0 Å². The number of hydrogen-bond acceptors (Lipinski definition) is 3. The average molecular weight is 297 g/mol. The lowest BCUT2D eigenvalue weighted by Crippen LogP contribution is -2.62. The zero-order valence-corrected chi connectivity index (χ0v) is 13.8. The van der Waals surface area contributed by atoms with Crippen molar-refractivity contribution in [2.45, 2.75) is 65.5 Å². The number of carbonyl (C=O) groups excluding carboxylic acids is 1. The molecule has 1 aliphatic carbocycles. The van der Waals surface area contributed by atoms with Crippen molar-refractivity contribution in [1.29, 1.82) is 0 Å². The van der Waals surface area contributed by atoms with Crippen LogP contribution in [0.2, 0.25) is 0 Å². The molecule has 0 aromatic heterocycles. The molecule has 0 aliphatic heterocycles. The first-order chi connectivity index (χ1) is 9.48. The second kappa shape index (κ2) is 6.08. The highest BCUT2D eigenvalue weighted by Gasteiger charge is 2.49. The highest BCUT2D eigenvalue weighted by molar-refractivity contribution is 5.85. The maximum atomic E-state index is 12.1. The van der Waals surface area contributed by atoms with Gasteiger partial charge in [0.2, 0.25) is 0 Å². The van der Waals surface area contributed by atoms with Gasteiger partial charge in [-0.15, -0.1) is 0 Å². The Hall–Kier alpha value is -1.52. The zero-order valence-electron chi connectivity index (χ0n) is 13.8. The Morgan fingerprint density at radius 3 is 2.43 bits per heavy atom. The Bertz CT molecular complexity index is 448. The first-order valence-electron chi connectivity index (χ1n) is 7.38. The monoisotopic (exact) mass is 297 g/mol. The van der Waals surface area contributed by atoms with Gasteiger partial charge in [0.05, 0.1) is 0 Å². The summed E-state index contributed by atoms with van der Waals surface area (Å²) >= 11 is 0. The van der Waals surface area contributed by atoms with Gasteiger partial charge in [-0.1, -0.05) is 25.5 Å². The molecule has 0 saturated carbocycles. The van der Waals surface area contributed by atoms with E-state index in [0.29, 0.717) is 6.42 Å². The van der Waals surface area contributed by atoms with Crippen molar-refractivity contribution < 1.29 is 19.4 Å². The molecule has 120 valence electrons. The molecule has 1 aliphatic rings. The first-order valence-corrected chi connectivity index (χ1v) is 7.38. The zero-order chi connectivity index (χ0) is 16.4. The predicted molar refractivity (Wildman–Crippen MR) is 81.1 cm³/mol. The van der Waals surface area contributed by atoms with Gasteiger partial charge in [0.1, 0.15) is 11.1 Å². The molecule has 0 radical (unpaired) electrons. The van der Waals surface area contributed by atoms with Crippen LogP contribution in [-0.2, 0) is 9.53 Å². The molecule has 0 fully saturated rings. The Balaban J connectivity index is 3.07. The number of alkyl carbamates (subject to hydrolysis) is 1. The molecule has 0 aromatic carbocycles. The number of carbonyl (C=O) groups is 2. The van der Waals surface area contributed by atoms with Crippen LogP contribution in [0.25, 0.3) is 0 Å². The van der Waals surface area contributed by atoms with Crippen LogP contribution in [0.3, 0.4) is 0 Å².